The van der Waals surface area contributed by atoms with E-state index in [2.05, 4.69) is 23.2 Å². The second kappa shape index (κ2) is 6.74. The quantitative estimate of drug-likeness (QED) is 0.843. The molecule has 4 rings (SSSR count). The minimum atomic E-state index is -0.545. The van der Waals surface area contributed by atoms with Gasteiger partial charge in [-0.05, 0) is 48.9 Å². The Morgan fingerprint density at radius 1 is 1.12 bits per heavy atom. The SMILES string of the molecule is CCC1CCN(c2ccc3c(c2)CN(C2CCC(=O)NC2=O)C3=O)CC1. The van der Waals surface area contributed by atoms with Gasteiger partial charge in [0, 0.05) is 37.3 Å². The van der Waals surface area contributed by atoms with Crippen molar-refractivity contribution in [3.63, 3.8) is 0 Å². The van der Waals surface area contributed by atoms with Crippen molar-refractivity contribution in [1.29, 1.82) is 0 Å². The van der Waals surface area contributed by atoms with Crippen LogP contribution < -0.4 is 10.2 Å². The summed E-state index contributed by atoms with van der Waals surface area (Å²) >= 11 is 0. The first-order chi connectivity index (χ1) is 12.6. The summed E-state index contributed by atoms with van der Waals surface area (Å²) in [5.41, 5.74) is 2.83. The Morgan fingerprint density at radius 2 is 1.88 bits per heavy atom. The van der Waals surface area contributed by atoms with Gasteiger partial charge in [0.25, 0.3) is 5.91 Å². The highest BCUT2D eigenvalue weighted by atomic mass is 16.2. The van der Waals surface area contributed by atoms with Crippen LogP contribution in [0.3, 0.4) is 0 Å². The van der Waals surface area contributed by atoms with Gasteiger partial charge in [0.05, 0.1) is 0 Å². The van der Waals surface area contributed by atoms with Gasteiger partial charge >= 0.3 is 0 Å². The fourth-order valence-corrected chi connectivity index (χ4v) is 4.36. The van der Waals surface area contributed by atoms with Crippen LogP contribution in [0.25, 0.3) is 0 Å². The Hall–Kier alpha value is -2.37. The van der Waals surface area contributed by atoms with E-state index in [0.717, 1.165) is 30.3 Å². The van der Waals surface area contributed by atoms with Gasteiger partial charge in [-0.2, -0.15) is 0 Å². The number of nitrogens with zero attached hydrogens (tertiary/aromatic N) is 2. The number of hydrogen-bond donors (Lipinski definition) is 1. The van der Waals surface area contributed by atoms with Gasteiger partial charge in [0.2, 0.25) is 11.8 Å². The predicted molar refractivity (Wildman–Crippen MR) is 97.7 cm³/mol. The van der Waals surface area contributed by atoms with Crippen LogP contribution in [0.4, 0.5) is 5.69 Å². The molecule has 2 saturated heterocycles. The molecule has 138 valence electrons. The van der Waals surface area contributed by atoms with Gasteiger partial charge in [-0.1, -0.05) is 13.3 Å². The number of imide groups is 1. The van der Waals surface area contributed by atoms with E-state index in [-0.39, 0.29) is 24.1 Å². The number of piperidine rings is 2. The molecule has 0 spiro atoms. The van der Waals surface area contributed by atoms with E-state index >= 15 is 0 Å². The maximum absolute atomic E-state index is 12.7. The lowest BCUT2D eigenvalue weighted by Crippen LogP contribution is -2.52. The molecule has 26 heavy (non-hydrogen) atoms. The fraction of sp³-hybridized carbons (Fsp3) is 0.550. The standard InChI is InChI=1S/C20H25N3O3/c1-2-13-7-9-22(10-8-13)15-3-4-16-14(11-15)12-23(20(16)26)17-5-6-18(24)21-19(17)25/h3-4,11,13,17H,2,5-10,12H2,1H3,(H,21,24,25). The van der Waals surface area contributed by atoms with E-state index in [0.29, 0.717) is 18.5 Å². The van der Waals surface area contributed by atoms with Crippen molar-refractivity contribution in [1.82, 2.24) is 10.2 Å². The van der Waals surface area contributed by atoms with Crippen LogP contribution in [0.2, 0.25) is 0 Å². The molecule has 0 aliphatic carbocycles. The first-order valence-electron chi connectivity index (χ1n) is 9.59. The molecule has 3 heterocycles. The summed E-state index contributed by atoms with van der Waals surface area (Å²) in [6.07, 6.45) is 4.37. The van der Waals surface area contributed by atoms with Crippen molar-refractivity contribution in [3.05, 3.63) is 29.3 Å². The Labute approximate surface area is 153 Å². The van der Waals surface area contributed by atoms with E-state index in [1.54, 1.807) is 4.90 Å². The second-order valence-electron chi connectivity index (χ2n) is 7.58. The zero-order valence-electron chi connectivity index (χ0n) is 15.2. The molecule has 1 N–H and O–H groups in total. The average molecular weight is 355 g/mol. The molecule has 0 radical (unpaired) electrons. The second-order valence-corrected chi connectivity index (χ2v) is 7.58. The number of amides is 3. The highest BCUT2D eigenvalue weighted by Crippen LogP contribution is 2.32. The smallest absolute Gasteiger partial charge is 0.255 e. The van der Waals surface area contributed by atoms with Crippen LogP contribution in [0.1, 0.15) is 54.9 Å². The highest BCUT2D eigenvalue weighted by Gasteiger charge is 2.39. The summed E-state index contributed by atoms with van der Waals surface area (Å²) in [5.74, 6) is 0.105. The monoisotopic (exact) mass is 355 g/mol. The number of anilines is 1. The summed E-state index contributed by atoms with van der Waals surface area (Å²) in [7, 11) is 0. The number of carbonyl (C=O) groups excluding carboxylic acids is 3. The zero-order valence-corrected chi connectivity index (χ0v) is 15.2. The van der Waals surface area contributed by atoms with Gasteiger partial charge in [-0.15, -0.1) is 0 Å². The maximum atomic E-state index is 12.7. The molecule has 3 aliphatic rings. The van der Waals surface area contributed by atoms with Gasteiger partial charge in [-0.3, -0.25) is 19.7 Å². The van der Waals surface area contributed by atoms with Crippen LogP contribution in [-0.4, -0.2) is 41.8 Å². The zero-order chi connectivity index (χ0) is 18.3. The number of fused-ring (bicyclic) bond motifs is 1. The fourth-order valence-electron chi connectivity index (χ4n) is 4.36. The van der Waals surface area contributed by atoms with Crippen LogP contribution in [0, 0.1) is 5.92 Å². The van der Waals surface area contributed by atoms with Crippen molar-refractivity contribution in [3.8, 4) is 0 Å². The first kappa shape index (κ1) is 17.1. The maximum Gasteiger partial charge on any atom is 0.255 e. The minimum absolute atomic E-state index is 0.106. The number of benzene rings is 1. The lowest BCUT2D eigenvalue weighted by molar-refractivity contribution is -0.136. The van der Waals surface area contributed by atoms with Crippen molar-refractivity contribution in [2.24, 2.45) is 5.92 Å². The normalized spacial score (nSPS) is 24.0. The molecule has 2 fully saturated rings. The molecule has 1 unspecified atom stereocenters. The molecule has 6 nitrogen and oxygen atoms in total. The van der Waals surface area contributed by atoms with Crippen LogP contribution in [0.5, 0.6) is 0 Å². The molecule has 0 bridgehead atoms. The van der Waals surface area contributed by atoms with Gasteiger partial charge in [0.1, 0.15) is 6.04 Å². The molecular formula is C20H25N3O3. The van der Waals surface area contributed by atoms with Crippen LogP contribution in [-0.2, 0) is 16.1 Å². The summed E-state index contributed by atoms with van der Waals surface area (Å²) < 4.78 is 0. The summed E-state index contributed by atoms with van der Waals surface area (Å²) in [5, 5.41) is 2.35. The van der Waals surface area contributed by atoms with Crippen molar-refractivity contribution < 1.29 is 14.4 Å². The third kappa shape index (κ3) is 2.97. The van der Waals surface area contributed by atoms with E-state index < -0.39 is 6.04 Å². The average Bonchev–Trinajstić information content (AvgIpc) is 2.98. The van der Waals surface area contributed by atoms with Gasteiger partial charge in [-0.25, -0.2) is 0 Å². The number of carbonyl (C=O) groups is 3. The minimum Gasteiger partial charge on any atom is -0.372 e. The first-order valence-corrected chi connectivity index (χ1v) is 9.59. The van der Waals surface area contributed by atoms with Gasteiger partial charge < -0.3 is 9.80 Å². The highest BCUT2D eigenvalue weighted by molar-refractivity contribution is 6.05. The molecule has 1 atom stereocenters. The number of rotatable bonds is 3. The third-order valence-electron chi connectivity index (χ3n) is 6.06. The molecule has 3 amide bonds. The Kier molecular flexibility index (Phi) is 4.42. The number of nitrogens with one attached hydrogen (secondary N) is 1. The Balaban J connectivity index is 1.50. The molecule has 6 heteroatoms. The summed E-state index contributed by atoms with van der Waals surface area (Å²) in [6.45, 7) is 4.81. The van der Waals surface area contributed by atoms with E-state index in [1.165, 1.54) is 19.3 Å². The van der Waals surface area contributed by atoms with E-state index in [4.69, 9.17) is 0 Å². The molecular weight excluding hydrogens is 330 g/mol. The lowest BCUT2D eigenvalue weighted by atomic mass is 9.94. The Morgan fingerprint density at radius 3 is 2.58 bits per heavy atom. The van der Waals surface area contributed by atoms with Crippen molar-refractivity contribution in [2.75, 3.05) is 18.0 Å². The molecule has 0 saturated carbocycles. The molecule has 1 aromatic carbocycles. The Bertz CT molecular complexity index is 753. The third-order valence-corrected chi connectivity index (χ3v) is 6.06. The lowest BCUT2D eigenvalue weighted by Gasteiger charge is -2.33. The topological polar surface area (TPSA) is 69.7 Å². The predicted octanol–water partition coefficient (Wildman–Crippen LogP) is 2.07. The molecule has 1 aromatic rings. The van der Waals surface area contributed by atoms with E-state index in [1.807, 2.05) is 12.1 Å². The summed E-state index contributed by atoms with van der Waals surface area (Å²) in [6, 6.07) is 5.48. The molecule has 0 aromatic heterocycles. The van der Waals surface area contributed by atoms with Crippen molar-refractivity contribution >= 4 is 23.4 Å². The van der Waals surface area contributed by atoms with Crippen molar-refractivity contribution in [2.45, 2.75) is 51.6 Å². The van der Waals surface area contributed by atoms with E-state index in [9.17, 15) is 14.4 Å². The van der Waals surface area contributed by atoms with Gasteiger partial charge in [0.15, 0.2) is 0 Å². The summed E-state index contributed by atoms with van der Waals surface area (Å²) in [4.78, 5) is 40.2. The van der Waals surface area contributed by atoms with Crippen LogP contribution >= 0.6 is 0 Å². The largest absolute Gasteiger partial charge is 0.372 e. The molecule has 3 aliphatic heterocycles. The number of hydrogen-bond acceptors (Lipinski definition) is 4. The van der Waals surface area contributed by atoms with Crippen LogP contribution in [0.15, 0.2) is 18.2 Å².